The maximum Gasteiger partial charge on any atom is 0.195 e. The van der Waals surface area contributed by atoms with E-state index in [1.165, 1.54) is 11.1 Å². The highest BCUT2D eigenvalue weighted by atomic mass is 127. The highest BCUT2D eigenvalue weighted by molar-refractivity contribution is 14.0. The van der Waals surface area contributed by atoms with Crippen molar-refractivity contribution in [1.29, 1.82) is 0 Å². The fraction of sp³-hybridized carbons (Fsp3) is 0.381. The van der Waals surface area contributed by atoms with Gasteiger partial charge in [0.25, 0.3) is 0 Å². The number of hydrogen-bond donors (Lipinski definition) is 2. The number of ether oxygens (including phenoxy) is 3. The molecule has 2 rings (SSSR count). The number of aliphatic imine (C=N–C) groups is 1. The van der Waals surface area contributed by atoms with Gasteiger partial charge in [-0.25, -0.2) is 0 Å². The van der Waals surface area contributed by atoms with Crippen molar-refractivity contribution in [2.75, 3.05) is 32.7 Å². The fourth-order valence-electron chi connectivity index (χ4n) is 2.49. The van der Waals surface area contributed by atoms with E-state index in [4.69, 9.17) is 14.2 Å². The molecular weight excluding hydrogens is 469 g/mol. The highest BCUT2D eigenvalue weighted by Crippen LogP contribution is 2.30. The summed E-state index contributed by atoms with van der Waals surface area (Å²) in [6.07, 6.45) is 0. The quantitative estimate of drug-likeness (QED) is 0.304. The minimum Gasteiger partial charge on any atom is -0.493 e. The molecule has 0 aromatic heterocycles. The van der Waals surface area contributed by atoms with Crippen LogP contribution in [-0.2, 0) is 17.9 Å². The zero-order chi connectivity index (χ0) is 19.5. The van der Waals surface area contributed by atoms with Crippen molar-refractivity contribution in [3.8, 4) is 11.5 Å². The number of halogens is 1. The van der Waals surface area contributed by atoms with E-state index in [1.807, 2.05) is 32.0 Å². The Labute approximate surface area is 184 Å². The predicted molar refractivity (Wildman–Crippen MR) is 125 cm³/mol. The second-order valence-corrected chi connectivity index (χ2v) is 5.80. The number of benzene rings is 2. The van der Waals surface area contributed by atoms with Gasteiger partial charge >= 0.3 is 0 Å². The zero-order valence-electron chi connectivity index (χ0n) is 17.0. The molecule has 0 atom stereocenters. The molecular formula is C21H30IN3O3. The number of guanidine groups is 1. The molecule has 0 aliphatic rings. The van der Waals surface area contributed by atoms with Gasteiger partial charge in [-0.2, -0.15) is 0 Å². The zero-order valence-corrected chi connectivity index (χ0v) is 19.3. The van der Waals surface area contributed by atoms with Crippen molar-refractivity contribution < 1.29 is 14.2 Å². The smallest absolute Gasteiger partial charge is 0.195 e. The van der Waals surface area contributed by atoms with E-state index in [1.54, 1.807) is 14.2 Å². The van der Waals surface area contributed by atoms with Crippen LogP contribution in [0, 0.1) is 0 Å². The SMILES string of the molecule is CCOCc1ccc(CNC(=NC)Nc2ccc(OCC)c(OC)c2)cc1.I. The number of hydrogen-bond acceptors (Lipinski definition) is 4. The Morgan fingerprint density at radius 1 is 0.964 bits per heavy atom. The second kappa shape index (κ2) is 13.2. The summed E-state index contributed by atoms with van der Waals surface area (Å²) >= 11 is 0. The number of anilines is 1. The number of rotatable bonds is 9. The maximum atomic E-state index is 5.55. The van der Waals surface area contributed by atoms with Gasteiger partial charge in [0.15, 0.2) is 17.5 Å². The van der Waals surface area contributed by atoms with Crippen LogP contribution in [0.2, 0.25) is 0 Å². The molecule has 0 spiro atoms. The minimum absolute atomic E-state index is 0. The lowest BCUT2D eigenvalue weighted by atomic mass is 10.1. The summed E-state index contributed by atoms with van der Waals surface area (Å²) in [6.45, 7) is 6.57. The Morgan fingerprint density at radius 2 is 1.68 bits per heavy atom. The second-order valence-electron chi connectivity index (χ2n) is 5.80. The predicted octanol–water partition coefficient (Wildman–Crippen LogP) is 4.44. The van der Waals surface area contributed by atoms with E-state index < -0.39 is 0 Å². The van der Waals surface area contributed by atoms with E-state index in [0.717, 1.165) is 18.0 Å². The number of nitrogens with one attached hydrogen (secondary N) is 2. The summed E-state index contributed by atoms with van der Waals surface area (Å²) < 4.78 is 16.4. The lowest BCUT2D eigenvalue weighted by molar-refractivity contribution is 0.134. The van der Waals surface area contributed by atoms with E-state index in [2.05, 4.69) is 39.9 Å². The van der Waals surface area contributed by atoms with Gasteiger partial charge in [0.2, 0.25) is 0 Å². The summed E-state index contributed by atoms with van der Waals surface area (Å²) in [6, 6.07) is 14.1. The van der Waals surface area contributed by atoms with Crippen LogP contribution < -0.4 is 20.1 Å². The third-order valence-electron chi connectivity index (χ3n) is 3.91. The van der Waals surface area contributed by atoms with Crippen molar-refractivity contribution in [1.82, 2.24) is 5.32 Å². The molecule has 0 aliphatic heterocycles. The number of methoxy groups -OCH3 is 1. The monoisotopic (exact) mass is 499 g/mol. The molecule has 0 unspecified atom stereocenters. The average molecular weight is 499 g/mol. The molecule has 0 saturated heterocycles. The van der Waals surface area contributed by atoms with Gasteiger partial charge in [-0.15, -0.1) is 24.0 Å². The van der Waals surface area contributed by atoms with Gasteiger partial charge in [0, 0.05) is 32.0 Å². The van der Waals surface area contributed by atoms with E-state index in [-0.39, 0.29) is 24.0 Å². The standard InChI is InChI=1S/C21H29N3O3.HI/c1-5-26-15-17-9-7-16(8-10-17)14-23-21(22-3)24-18-11-12-19(27-6-2)20(13-18)25-4;/h7-13H,5-6,14-15H2,1-4H3,(H2,22,23,24);1H. The van der Waals surface area contributed by atoms with Crippen molar-refractivity contribution in [2.45, 2.75) is 27.0 Å². The summed E-state index contributed by atoms with van der Waals surface area (Å²) in [4.78, 5) is 4.27. The molecule has 0 bridgehead atoms. The molecule has 28 heavy (non-hydrogen) atoms. The Hall–Kier alpha value is -2.00. The first-order valence-corrected chi connectivity index (χ1v) is 9.14. The molecule has 2 aromatic rings. The van der Waals surface area contributed by atoms with Crippen LogP contribution in [0.4, 0.5) is 5.69 Å². The summed E-state index contributed by atoms with van der Waals surface area (Å²) in [7, 11) is 3.37. The Kier molecular flexibility index (Phi) is 11.4. The van der Waals surface area contributed by atoms with Gasteiger partial charge in [-0.05, 0) is 37.1 Å². The van der Waals surface area contributed by atoms with E-state index in [9.17, 15) is 0 Å². The van der Waals surface area contributed by atoms with Crippen molar-refractivity contribution in [3.63, 3.8) is 0 Å². The summed E-state index contributed by atoms with van der Waals surface area (Å²) in [5.41, 5.74) is 3.21. The van der Waals surface area contributed by atoms with Crippen molar-refractivity contribution in [2.24, 2.45) is 4.99 Å². The topological polar surface area (TPSA) is 64.1 Å². The first kappa shape index (κ1) is 24.0. The summed E-state index contributed by atoms with van der Waals surface area (Å²) in [5, 5.41) is 6.58. The van der Waals surface area contributed by atoms with Crippen LogP contribution in [-0.4, -0.2) is 33.3 Å². The summed E-state index contributed by atoms with van der Waals surface area (Å²) in [5.74, 6) is 2.09. The molecule has 0 radical (unpaired) electrons. The van der Waals surface area contributed by atoms with E-state index in [0.29, 0.717) is 31.5 Å². The molecule has 154 valence electrons. The van der Waals surface area contributed by atoms with E-state index >= 15 is 0 Å². The molecule has 0 fully saturated rings. The fourth-order valence-corrected chi connectivity index (χ4v) is 2.49. The number of nitrogens with zero attached hydrogens (tertiary/aromatic N) is 1. The lowest BCUT2D eigenvalue weighted by Gasteiger charge is -2.15. The lowest BCUT2D eigenvalue weighted by Crippen LogP contribution is -2.30. The van der Waals surface area contributed by atoms with Crippen molar-refractivity contribution >= 4 is 35.6 Å². The normalized spacial score (nSPS) is 10.8. The largest absolute Gasteiger partial charge is 0.493 e. The first-order chi connectivity index (χ1) is 13.2. The van der Waals surface area contributed by atoms with Crippen LogP contribution in [0.25, 0.3) is 0 Å². The molecule has 0 heterocycles. The molecule has 0 amide bonds. The third-order valence-corrected chi connectivity index (χ3v) is 3.91. The van der Waals surface area contributed by atoms with Gasteiger partial charge in [-0.3, -0.25) is 4.99 Å². The molecule has 0 saturated carbocycles. The van der Waals surface area contributed by atoms with Crippen molar-refractivity contribution in [3.05, 3.63) is 53.6 Å². The molecule has 6 nitrogen and oxygen atoms in total. The van der Waals surface area contributed by atoms with Crippen LogP contribution in [0.1, 0.15) is 25.0 Å². The third kappa shape index (κ3) is 7.55. The molecule has 0 aliphatic carbocycles. The Morgan fingerprint density at radius 3 is 2.29 bits per heavy atom. The van der Waals surface area contributed by atoms with Crippen LogP contribution in [0.5, 0.6) is 11.5 Å². The van der Waals surface area contributed by atoms with Gasteiger partial charge < -0.3 is 24.8 Å². The first-order valence-electron chi connectivity index (χ1n) is 9.14. The Balaban J connectivity index is 0.00000392. The minimum atomic E-state index is 0. The molecule has 7 heteroatoms. The van der Waals surface area contributed by atoms with Gasteiger partial charge in [0.05, 0.1) is 20.3 Å². The average Bonchev–Trinajstić information content (AvgIpc) is 2.71. The molecule has 2 aromatic carbocycles. The van der Waals surface area contributed by atoms with Gasteiger partial charge in [0.1, 0.15) is 0 Å². The Bertz CT molecular complexity index is 736. The van der Waals surface area contributed by atoms with Crippen LogP contribution >= 0.6 is 24.0 Å². The maximum absolute atomic E-state index is 5.55. The highest BCUT2D eigenvalue weighted by Gasteiger charge is 2.07. The molecule has 2 N–H and O–H groups in total. The van der Waals surface area contributed by atoms with Crippen LogP contribution in [0.15, 0.2) is 47.5 Å². The van der Waals surface area contributed by atoms with Gasteiger partial charge in [-0.1, -0.05) is 24.3 Å². The van der Waals surface area contributed by atoms with Crippen LogP contribution in [0.3, 0.4) is 0 Å².